The molecule has 96 valence electrons. The van der Waals surface area contributed by atoms with Crippen molar-refractivity contribution in [2.45, 2.75) is 27.2 Å². The van der Waals surface area contributed by atoms with Crippen LogP contribution in [0.15, 0.2) is 18.2 Å². The first-order chi connectivity index (χ1) is 8.54. The van der Waals surface area contributed by atoms with E-state index in [0.29, 0.717) is 31.1 Å². The van der Waals surface area contributed by atoms with Crippen LogP contribution in [0.5, 0.6) is 0 Å². The van der Waals surface area contributed by atoms with Crippen LogP contribution in [-0.2, 0) is 0 Å². The molecule has 0 saturated heterocycles. The van der Waals surface area contributed by atoms with Gasteiger partial charge < -0.3 is 4.90 Å². The smallest absolute Gasteiger partial charge is 0.272 e. The minimum absolute atomic E-state index is 0.0948. The van der Waals surface area contributed by atoms with Gasteiger partial charge in [-0.15, -0.1) is 0 Å². The van der Waals surface area contributed by atoms with Crippen molar-refractivity contribution < 1.29 is 4.79 Å². The zero-order chi connectivity index (χ0) is 13.5. The van der Waals surface area contributed by atoms with Crippen LogP contribution in [0.3, 0.4) is 0 Å². The Kier molecular flexibility index (Phi) is 5.31. The van der Waals surface area contributed by atoms with Crippen molar-refractivity contribution >= 4 is 5.91 Å². The summed E-state index contributed by atoms with van der Waals surface area (Å²) in [5.41, 5.74) is 1.28. The molecule has 1 aromatic heterocycles. The second kappa shape index (κ2) is 6.75. The molecule has 0 aromatic carbocycles. The molecule has 0 unspecified atom stereocenters. The Balaban J connectivity index is 2.84. The first-order valence-corrected chi connectivity index (χ1v) is 6.14. The summed E-state index contributed by atoms with van der Waals surface area (Å²) in [7, 11) is 0. The van der Waals surface area contributed by atoms with Crippen LogP contribution >= 0.6 is 0 Å². The normalized spacial score (nSPS) is 10.2. The average Bonchev–Trinajstić information content (AvgIpc) is 2.33. The molecule has 1 amide bonds. The van der Waals surface area contributed by atoms with E-state index in [2.05, 4.69) is 24.9 Å². The molecule has 1 aromatic rings. The van der Waals surface area contributed by atoms with Crippen molar-refractivity contribution in [3.63, 3.8) is 0 Å². The van der Waals surface area contributed by atoms with Gasteiger partial charge in [0.2, 0.25) is 0 Å². The number of aromatic nitrogens is 1. The van der Waals surface area contributed by atoms with Crippen molar-refractivity contribution in [1.82, 2.24) is 9.88 Å². The van der Waals surface area contributed by atoms with Gasteiger partial charge in [0.05, 0.1) is 12.5 Å². The highest BCUT2D eigenvalue weighted by Gasteiger charge is 2.17. The minimum Gasteiger partial charge on any atom is -0.336 e. The summed E-state index contributed by atoms with van der Waals surface area (Å²) in [6.07, 6.45) is 0.351. The van der Waals surface area contributed by atoms with E-state index in [-0.39, 0.29) is 5.91 Å². The average molecular weight is 245 g/mol. The van der Waals surface area contributed by atoms with Crippen molar-refractivity contribution in [3.05, 3.63) is 29.6 Å². The SMILES string of the molecule is Cc1cccc(C(=O)N(CCC#N)CC(C)C)n1. The maximum atomic E-state index is 12.3. The Hall–Kier alpha value is -1.89. The minimum atomic E-state index is -0.0948. The van der Waals surface area contributed by atoms with E-state index in [0.717, 1.165) is 5.69 Å². The predicted octanol–water partition coefficient (Wildman–Crippen LogP) is 2.40. The molecule has 0 N–H and O–H groups in total. The van der Waals surface area contributed by atoms with E-state index in [1.807, 2.05) is 19.1 Å². The molecule has 1 rings (SSSR count). The molecule has 0 radical (unpaired) electrons. The van der Waals surface area contributed by atoms with Crippen molar-refractivity contribution in [2.75, 3.05) is 13.1 Å². The summed E-state index contributed by atoms with van der Waals surface area (Å²) < 4.78 is 0. The van der Waals surface area contributed by atoms with Crippen LogP contribution in [0.25, 0.3) is 0 Å². The number of pyridine rings is 1. The highest BCUT2D eigenvalue weighted by molar-refractivity contribution is 5.92. The highest BCUT2D eigenvalue weighted by atomic mass is 16.2. The van der Waals surface area contributed by atoms with Gasteiger partial charge in [-0.05, 0) is 25.0 Å². The van der Waals surface area contributed by atoms with Gasteiger partial charge in [0, 0.05) is 18.8 Å². The highest BCUT2D eigenvalue weighted by Crippen LogP contribution is 2.07. The Morgan fingerprint density at radius 3 is 2.78 bits per heavy atom. The number of nitriles is 1. The van der Waals surface area contributed by atoms with E-state index in [1.165, 1.54) is 0 Å². The quantitative estimate of drug-likeness (QED) is 0.800. The van der Waals surface area contributed by atoms with Gasteiger partial charge in [-0.1, -0.05) is 19.9 Å². The summed E-state index contributed by atoms with van der Waals surface area (Å²) in [5, 5.41) is 8.64. The third kappa shape index (κ3) is 4.17. The summed E-state index contributed by atoms with van der Waals surface area (Å²) in [5.74, 6) is 0.278. The van der Waals surface area contributed by atoms with Crippen molar-refractivity contribution in [1.29, 1.82) is 5.26 Å². The summed E-state index contributed by atoms with van der Waals surface area (Å²) in [4.78, 5) is 18.2. The fraction of sp³-hybridized carbons (Fsp3) is 0.500. The molecule has 0 aliphatic rings. The molecular weight excluding hydrogens is 226 g/mol. The third-order valence-electron chi connectivity index (χ3n) is 2.47. The maximum Gasteiger partial charge on any atom is 0.272 e. The van der Waals surface area contributed by atoms with E-state index < -0.39 is 0 Å². The molecule has 0 spiro atoms. The number of hydrogen-bond donors (Lipinski definition) is 0. The number of amides is 1. The largest absolute Gasteiger partial charge is 0.336 e. The molecule has 0 atom stereocenters. The summed E-state index contributed by atoms with van der Waals surface area (Å²) in [6, 6.07) is 7.48. The van der Waals surface area contributed by atoms with Gasteiger partial charge in [0.15, 0.2) is 0 Å². The van der Waals surface area contributed by atoms with Crippen LogP contribution in [0.2, 0.25) is 0 Å². The van der Waals surface area contributed by atoms with Crippen LogP contribution < -0.4 is 0 Å². The molecule has 0 aliphatic carbocycles. The Bertz CT molecular complexity index is 449. The Morgan fingerprint density at radius 2 is 2.22 bits per heavy atom. The molecular formula is C14H19N3O. The zero-order valence-corrected chi connectivity index (χ0v) is 11.2. The predicted molar refractivity (Wildman–Crippen MR) is 69.9 cm³/mol. The molecule has 0 fully saturated rings. The Labute approximate surface area is 108 Å². The van der Waals surface area contributed by atoms with Crippen LogP contribution in [0, 0.1) is 24.2 Å². The third-order valence-corrected chi connectivity index (χ3v) is 2.47. The standard InChI is InChI=1S/C14H19N3O/c1-11(2)10-17(9-5-8-15)14(18)13-7-4-6-12(3)16-13/h4,6-7,11H,5,9-10H2,1-3H3. The second-order valence-corrected chi connectivity index (χ2v) is 4.72. The number of rotatable bonds is 5. The maximum absolute atomic E-state index is 12.3. The lowest BCUT2D eigenvalue weighted by Crippen LogP contribution is -2.35. The van der Waals surface area contributed by atoms with Crippen LogP contribution in [0.4, 0.5) is 0 Å². The number of aryl methyl sites for hydroxylation is 1. The van der Waals surface area contributed by atoms with Gasteiger partial charge in [0.1, 0.15) is 5.69 Å². The lowest BCUT2D eigenvalue weighted by atomic mass is 10.2. The number of carbonyl (C=O) groups excluding carboxylic acids is 1. The number of carbonyl (C=O) groups is 1. The van der Waals surface area contributed by atoms with E-state index >= 15 is 0 Å². The molecule has 4 nitrogen and oxygen atoms in total. The van der Waals surface area contributed by atoms with E-state index in [4.69, 9.17) is 5.26 Å². The number of nitrogens with zero attached hydrogens (tertiary/aromatic N) is 3. The van der Waals surface area contributed by atoms with Crippen molar-refractivity contribution in [2.24, 2.45) is 5.92 Å². The fourth-order valence-corrected chi connectivity index (χ4v) is 1.73. The monoisotopic (exact) mass is 245 g/mol. The topological polar surface area (TPSA) is 57.0 Å². The second-order valence-electron chi connectivity index (χ2n) is 4.72. The first kappa shape index (κ1) is 14.2. The van der Waals surface area contributed by atoms with Gasteiger partial charge in [-0.3, -0.25) is 4.79 Å². The summed E-state index contributed by atoms with van der Waals surface area (Å²) >= 11 is 0. The lowest BCUT2D eigenvalue weighted by molar-refractivity contribution is 0.0734. The summed E-state index contributed by atoms with van der Waals surface area (Å²) in [6.45, 7) is 7.07. The van der Waals surface area contributed by atoms with Gasteiger partial charge in [0.25, 0.3) is 5.91 Å². The zero-order valence-electron chi connectivity index (χ0n) is 11.2. The molecule has 0 saturated carbocycles. The first-order valence-electron chi connectivity index (χ1n) is 6.14. The van der Waals surface area contributed by atoms with E-state index in [1.54, 1.807) is 11.0 Å². The van der Waals surface area contributed by atoms with Crippen LogP contribution in [-0.4, -0.2) is 28.9 Å². The molecule has 0 bridgehead atoms. The van der Waals surface area contributed by atoms with E-state index in [9.17, 15) is 4.79 Å². The van der Waals surface area contributed by atoms with Crippen LogP contribution in [0.1, 0.15) is 36.5 Å². The Morgan fingerprint density at radius 1 is 1.50 bits per heavy atom. The number of hydrogen-bond acceptors (Lipinski definition) is 3. The fourth-order valence-electron chi connectivity index (χ4n) is 1.73. The van der Waals surface area contributed by atoms with Gasteiger partial charge in [-0.25, -0.2) is 4.98 Å². The molecule has 1 heterocycles. The van der Waals surface area contributed by atoms with Crippen molar-refractivity contribution in [3.8, 4) is 6.07 Å². The van der Waals surface area contributed by atoms with Gasteiger partial charge in [-0.2, -0.15) is 5.26 Å². The molecule has 18 heavy (non-hydrogen) atoms. The molecule has 4 heteroatoms. The van der Waals surface area contributed by atoms with Gasteiger partial charge >= 0.3 is 0 Å². The molecule has 0 aliphatic heterocycles. The lowest BCUT2D eigenvalue weighted by Gasteiger charge is -2.23.